The van der Waals surface area contributed by atoms with Gasteiger partial charge in [-0.05, 0) is 57.3 Å². The summed E-state index contributed by atoms with van der Waals surface area (Å²) in [5, 5.41) is 13.0. The number of nitrogens with one attached hydrogen (secondary N) is 2. The molecule has 0 saturated carbocycles. The van der Waals surface area contributed by atoms with E-state index in [9.17, 15) is 0 Å². The summed E-state index contributed by atoms with van der Waals surface area (Å²) in [5.74, 6) is 2.30. The van der Waals surface area contributed by atoms with Crippen LogP contribution in [0.4, 0.5) is 0 Å². The summed E-state index contributed by atoms with van der Waals surface area (Å²) < 4.78 is 12.5. The van der Waals surface area contributed by atoms with E-state index in [4.69, 9.17) is 18.8 Å². The van der Waals surface area contributed by atoms with E-state index in [-0.39, 0.29) is 12.2 Å². The van der Waals surface area contributed by atoms with Gasteiger partial charge in [0.05, 0.1) is 6.04 Å². The molecule has 2 aromatic heterocycles. The monoisotopic (exact) mass is 696 g/mol. The van der Waals surface area contributed by atoms with E-state index in [1.165, 1.54) is 27.5 Å². The van der Waals surface area contributed by atoms with E-state index in [0.29, 0.717) is 5.84 Å². The lowest BCUT2D eigenvalue weighted by atomic mass is 9.90. The van der Waals surface area contributed by atoms with Gasteiger partial charge in [0.2, 0.25) is 0 Å². The van der Waals surface area contributed by atoms with Gasteiger partial charge in [0.1, 0.15) is 34.5 Å². The van der Waals surface area contributed by atoms with Crippen LogP contribution in [0, 0.1) is 0 Å². The van der Waals surface area contributed by atoms with E-state index in [2.05, 4.69) is 120 Å². The van der Waals surface area contributed by atoms with Gasteiger partial charge in [-0.1, -0.05) is 140 Å². The van der Waals surface area contributed by atoms with Crippen LogP contribution in [0.3, 0.4) is 0 Å². The van der Waals surface area contributed by atoms with Gasteiger partial charge < -0.3 is 19.5 Å². The molecule has 6 heteroatoms. The summed E-state index contributed by atoms with van der Waals surface area (Å²) in [6.45, 7) is 0. The van der Waals surface area contributed by atoms with E-state index in [1.54, 1.807) is 0 Å². The van der Waals surface area contributed by atoms with Gasteiger partial charge in [0.15, 0.2) is 5.84 Å². The SMILES string of the molecule is C1=Cc2oc3ccccc3c2C(C2N=C(c3ccc(-c4ccc(-c5cccc6oc7ccccc7c56)c5ccccc45)cc3)N=C(c3ccccc3)N2)N1. The predicted octanol–water partition coefficient (Wildman–Crippen LogP) is 11.3. The number of amidine groups is 2. The van der Waals surface area contributed by atoms with Crippen molar-refractivity contribution < 1.29 is 8.83 Å². The lowest BCUT2D eigenvalue weighted by molar-refractivity contribution is 0.455. The Labute approximate surface area is 310 Å². The average Bonchev–Trinajstić information content (AvgIpc) is 3.82. The second-order valence-electron chi connectivity index (χ2n) is 13.8. The molecule has 0 fully saturated rings. The fourth-order valence-electron chi connectivity index (χ4n) is 8.18. The van der Waals surface area contributed by atoms with Crippen molar-refractivity contribution in [3.63, 3.8) is 0 Å². The Balaban J connectivity index is 0.992. The Morgan fingerprint density at radius 3 is 1.94 bits per heavy atom. The molecule has 4 heterocycles. The van der Waals surface area contributed by atoms with Crippen LogP contribution in [0.25, 0.3) is 72.0 Å². The Morgan fingerprint density at radius 2 is 1.13 bits per heavy atom. The van der Waals surface area contributed by atoms with Crippen LogP contribution >= 0.6 is 0 Å². The van der Waals surface area contributed by atoms with Crippen LogP contribution in [0.5, 0.6) is 0 Å². The summed E-state index contributed by atoms with van der Waals surface area (Å²) in [6.07, 6.45) is 3.59. The Kier molecular flexibility index (Phi) is 6.89. The molecule has 2 N–H and O–H groups in total. The van der Waals surface area contributed by atoms with Crippen LogP contribution in [0.2, 0.25) is 0 Å². The highest BCUT2D eigenvalue weighted by Gasteiger charge is 2.33. The molecule has 2 unspecified atom stereocenters. The third-order valence-electron chi connectivity index (χ3n) is 10.7. The standard InChI is InChI=1S/C48H32N4O2/c1-2-11-30(12-3-1)46-50-47(52-48(51-46)45-44-38-16-7-9-19-40(38)54-42(44)27-28-49-45)31-23-21-29(22-24-31)32-25-26-35(34-14-5-4-13-33(32)34)36-17-10-20-41-43(36)37-15-6-8-18-39(37)53-41/h1-28,45,48-49H,(H,50,51,52). The van der Waals surface area contributed by atoms with Gasteiger partial charge in [-0.3, -0.25) is 0 Å². The van der Waals surface area contributed by atoms with Gasteiger partial charge in [-0.25, -0.2) is 9.98 Å². The summed E-state index contributed by atoms with van der Waals surface area (Å²) >= 11 is 0. The maximum atomic E-state index is 6.25. The number of aliphatic imine (C=N–C) groups is 2. The number of hydrogen-bond acceptors (Lipinski definition) is 6. The predicted molar refractivity (Wildman–Crippen MR) is 220 cm³/mol. The molecule has 256 valence electrons. The molecule has 9 aromatic rings. The minimum absolute atomic E-state index is 0.173. The molecule has 2 aliphatic rings. The number of furan rings is 2. The fraction of sp³-hybridized carbons (Fsp3) is 0.0417. The van der Waals surface area contributed by atoms with Gasteiger partial charge in [-0.15, -0.1) is 0 Å². The summed E-state index contributed by atoms with van der Waals surface area (Å²) in [7, 11) is 0. The number of nitrogens with zero attached hydrogens (tertiary/aromatic N) is 2. The number of rotatable bonds is 5. The van der Waals surface area contributed by atoms with E-state index in [0.717, 1.165) is 66.8 Å². The molecule has 54 heavy (non-hydrogen) atoms. The van der Waals surface area contributed by atoms with Crippen LogP contribution in [0.15, 0.2) is 183 Å². The third-order valence-corrected chi connectivity index (χ3v) is 10.7. The van der Waals surface area contributed by atoms with Crippen LogP contribution in [-0.4, -0.2) is 17.8 Å². The lowest BCUT2D eigenvalue weighted by Crippen LogP contribution is -2.46. The smallest absolute Gasteiger partial charge is 0.159 e. The van der Waals surface area contributed by atoms with E-state index in [1.807, 2.05) is 60.8 Å². The molecule has 11 rings (SSSR count). The highest BCUT2D eigenvalue weighted by atomic mass is 16.3. The van der Waals surface area contributed by atoms with Crippen molar-refractivity contribution >= 4 is 61.4 Å². The van der Waals surface area contributed by atoms with Gasteiger partial charge in [-0.2, -0.15) is 0 Å². The second kappa shape index (κ2) is 12.2. The van der Waals surface area contributed by atoms with Crippen molar-refractivity contribution in [1.82, 2.24) is 10.6 Å². The maximum absolute atomic E-state index is 6.25. The molecular weight excluding hydrogens is 665 g/mol. The van der Waals surface area contributed by atoms with Gasteiger partial charge >= 0.3 is 0 Å². The zero-order chi connectivity index (χ0) is 35.6. The van der Waals surface area contributed by atoms with Gasteiger partial charge in [0, 0.05) is 39.0 Å². The zero-order valence-corrected chi connectivity index (χ0v) is 29.0. The zero-order valence-electron chi connectivity index (χ0n) is 29.0. The molecule has 0 radical (unpaired) electrons. The quantitative estimate of drug-likeness (QED) is 0.188. The number of fused-ring (bicyclic) bond motifs is 7. The Bertz CT molecular complexity index is 3010. The summed E-state index contributed by atoms with van der Waals surface area (Å²) in [5.41, 5.74) is 10.3. The molecule has 2 aliphatic heterocycles. The van der Waals surface area contributed by atoms with E-state index < -0.39 is 0 Å². The highest BCUT2D eigenvalue weighted by Crippen LogP contribution is 2.42. The molecule has 0 aliphatic carbocycles. The van der Waals surface area contributed by atoms with Gasteiger partial charge in [0.25, 0.3) is 0 Å². The maximum Gasteiger partial charge on any atom is 0.159 e. The molecule has 2 atom stereocenters. The molecule has 7 aromatic carbocycles. The number of para-hydroxylation sites is 2. The van der Waals surface area contributed by atoms with Crippen molar-refractivity contribution in [2.45, 2.75) is 12.2 Å². The largest absolute Gasteiger partial charge is 0.456 e. The first-order chi connectivity index (χ1) is 26.8. The van der Waals surface area contributed by atoms with Crippen LogP contribution in [-0.2, 0) is 0 Å². The van der Waals surface area contributed by atoms with Crippen molar-refractivity contribution in [2.24, 2.45) is 9.98 Å². The molecule has 6 nitrogen and oxygen atoms in total. The molecule has 0 amide bonds. The Morgan fingerprint density at radius 1 is 0.481 bits per heavy atom. The topological polar surface area (TPSA) is 75.1 Å². The fourth-order valence-corrected chi connectivity index (χ4v) is 8.18. The van der Waals surface area contributed by atoms with Crippen LogP contribution in [0.1, 0.15) is 28.5 Å². The van der Waals surface area contributed by atoms with E-state index >= 15 is 0 Å². The Hall–Kier alpha value is -7.18. The molecular formula is C48H32N4O2. The first-order valence-electron chi connectivity index (χ1n) is 18.2. The van der Waals surface area contributed by atoms with Crippen LogP contribution < -0.4 is 10.6 Å². The minimum atomic E-state index is -0.342. The lowest BCUT2D eigenvalue weighted by Gasteiger charge is -2.31. The second-order valence-corrected chi connectivity index (χ2v) is 13.8. The normalized spacial score (nSPS) is 16.6. The van der Waals surface area contributed by atoms with Crippen molar-refractivity contribution in [1.29, 1.82) is 0 Å². The summed E-state index contributed by atoms with van der Waals surface area (Å²) in [6, 6.07) is 54.6. The molecule has 0 spiro atoms. The van der Waals surface area contributed by atoms with Crippen molar-refractivity contribution in [2.75, 3.05) is 0 Å². The van der Waals surface area contributed by atoms with Crippen molar-refractivity contribution in [3.05, 3.63) is 186 Å². The third kappa shape index (κ3) is 4.88. The van der Waals surface area contributed by atoms with Crippen molar-refractivity contribution in [3.8, 4) is 22.3 Å². The first kappa shape index (κ1) is 30.4. The molecule has 0 bridgehead atoms. The highest BCUT2D eigenvalue weighted by molar-refractivity contribution is 6.17. The molecule has 0 saturated heterocycles. The summed E-state index contributed by atoms with van der Waals surface area (Å²) in [4.78, 5) is 10.3. The number of hydrogen-bond donors (Lipinski definition) is 2. The average molecular weight is 697 g/mol. The first-order valence-corrected chi connectivity index (χ1v) is 18.2. The number of benzene rings is 7. The minimum Gasteiger partial charge on any atom is -0.456 e.